The summed E-state index contributed by atoms with van der Waals surface area (Å²) in [4.78, 5) is 7.94. The molecule has 1 nitrogen and oxygen atoms in total. The van der Waals surface area contributed by atoms with E-state index in [1.54, 1.807) is 0 Å². The highest BCUT2D eigenvalue weighted by Gasteiger charge is 1.53. The zero-order chi connectivity index (χ0) is 3.58. The van der Waals surface area contributed by atoms with Crippen LogP contribution in [0.2, 0.25) is 0 Å². The fraction of sp³-hybridized carbons (Fsp3) is 0. The van der Waals surface area contributed by atoms with Crippen molar-refractivity contribution in [2.45, 2.75) is 0 Å². The quantitative estimate of drug-likeness (QED) is 0.459. The summed E-state index contributed by atoms with van der Waals surface area (Å²) in [7, 11) is 2.13. The molecule has 0 rings (SSSR count). The molecule has 2 unspecified atom stereocenters. The van der Waals surface area contributed by atoms with Gasteiger partial charge in [-0.2, -0.15) is 0 Å². The highest BCUT2D eigenvalue weighted by molar-refractivity contribution is 8.31. The predicted molar refractivity (Wildman–Crippen MR) is 27.6 cm³/mol. The van der Waals surface area contributed by atoms with Gasteiger partial charge in [-0.1, -0.05) is 20.7 Å². The van der Waals surface area contributed by atoms with Crippen LogP contribution >= 0.6 is 15.5 Å². The van der Waals surface area contributed by atoms with E-state index in [2.05, 4.69) is 20.7 Å². The first kappa shape index (κ1) is 5.04. The van der Waals surface area contributed by atoms with E-state index in [0.29, 0.717) is 0 Å². The Bertz CT molecular complexity index is 29.0. The molecule has 0 fully saturated rings. The molecule has 0 aliphatic rings. The van der Waals surface area contributed by atoms with Gasteiger partial charge in [-0.3, -0.25) is 0 Å². The fourth-order valence-corrected chi connectivity index (χ4v) is 0. The lowest BCUT2D eigenvalue weighted by Crippen LogP contribution is -1.18. The first-order valence-electron chi connectivity index (χ1n) is 0.716. The van der Waals surface area contributed by atoms with Crippen molar-refractivity contribution in [2.24, 2.45) is 0 Å². The van der Waals surface area contributed by atoms with Crippen LogP contribution in [0.3, 0.4) is 0 Å². The predicted octanol–water partition coefficient (Wildman–Crippen LogP) is 0.360. The molecule has 0 spiro atoms. The number of hydrogen-bond acceptors (Lipinski definition) is 1. The Hall–Kier alpha value is 1.04. The summed E-state index contributed by atoms with van der Waals surface area (Å²) < 4.78 is 0. The second-order valence-electron chi connectivity index (χ2n) is 0.338. The van der Waals surface area contributed by atoms with Crippen LogP contribution in [-0.2, 0) is 11.8 Å². The third-order valence-corrected chi connectivity index (χ3v) is 0. The van der Waals surface area contributed by atoms with Gasteiger partial charge in [0.1, 0.15) is 0 Å². The van der Waals surface area contributed by atoms with Gasteiger partial charge in [0.15, 0.2) is 0 Å². The smallest absolute Gasteiger partial charge is 0.0664 e. The molecule has 0 heterocycles. The summed E-state index contributed by atoms with van der Waals surface area (Å²) in [6.07, 6.45) is 0. The molecule has 0 aromatic rings. The summed E-state index contributed by atoms with van der Waals surface area (Å²) in [6, 6.07) is 0. The fourth-order valence-electron chi connectivity index (χ4n) is 0. The molecule has 0 aromatic carbocycles. The van der Waals surface area contributed by atoms with Crippen molar-refractivity contribution >= 4 is 27.3 Å². The van der Waals surface area contributed by atoms with E-state index in [4.69, 9.17) is 4.89 Å². The maximum atomic E-state index is 7.94. The maximum absolute atomic E-state index is 7.94. The third kappa shape index (κ3) is 11.7. The Balaban J connectivity index is 2.80. The number of rotatable bonds is 0. The molecule has 4 heavy (non-hydrogen) atoms. The molecular weight excluding hydrogens is 110 g/mol. The van der Waals surface area contributed by atoms with Gasteiger partial charge in [-0.25, -0.2) is 0 Å². The zero-order valence-corrected chi connectivity index (χ0v) is 4.90. The molecule has 0 bridgehead atoms. The topological polar surface area (TPSA) is 20.2 Å². The summed E-state index contributed by atoms with van der Waals surface area (Å²) in [6.45, 7) is -1.38. The lowest BCUT2D eigenvalue weighted by Gasteiger charge is -1.66. The standard InChI is InChI=1S/H4OP2S/c1-3(2)4/h3H,2H2,(H,1,4). The number of hydrogen-bond donors (Lipinski definition) is 1. The van der Waals surface area contributed by atoms with Gasteiger partial charge in [0.05, 0.1) is 6.61 Å². The van der Waals surface area contributed by atoms with Crippen LogP contribution in [-0.4, -0.2) is 4.89 Å². The van der Waals surface area contributed by atoms with Crippen molar-refractivity contribution in [2.75, 3.05) is 0 Å². The van der Waals surface area contributed by atoms with E-state index in [9.17, 15) is 0 Å². The molecule has 0 saturated carbocycles. The van der Waals surface area contributed by atoms with Gasteiger partial charge >= 0.3 is 0 Å². The summed E-state index contributed by atoms with van der Waals surface area (Å²) >= 11 is 4.24. The zero-order valence-electron chi connectivity index (χ0n) is 1.93. The Morgan fingerprint density at radius 1 is 2.00 bits per heavy atom. The largest absolute Gasteiger partial charge is 0.365 e. The molecule has 0 aliphatic heterocycles. The van der Waals surface area contributed by atoms with Crippen LogP contribution in [0.1, 0.15) is 0 Å². The van der Waals surface area contributed by atoms with Crippen LogP contribution in [0.25, 0.3) is 0 Å². The molecule has 2 atom stereocenters. The van der Waals surface area contributed by atoms with Gasteiger partial charge in [-0.15, -0.1) is 0 Å². The van der Waals surface area contributed by atoms with E-state index >= 15 is 0 Å². The van der Waals surface area contributed by atoms with Gasteiger partial charge in [0, 0.05) is 0 Å². The van der Waals surface area contributed by atoms with Crippen molar-refractivity contribution < 1.29 is 4.89 Å². The van der Waals surface area contributed by atoms with Crippen molar-refractivity contribution in [1.82, 2.24) is 0 Å². The summed E-state index contributed by atoms with van der Waals surface area (Å²) in [5.41, 5.74) is 0. The molecule has 26 valence electrons. The average molecular weight is 114 g/mol. The molecule has 0 aromatic heterocycles. The SMILES string of the molecule is O[PH](P)=S. The first-order chi connectivity index (χ1) is 1.73. The third-order valence-electron chi connectivity index (χ3n) is 0. The summed E-state index contributed by atoms with van der Waals surface area (Å²) in [5, 5.41) is 0. The Morgan fingerprint density at radius 2 is 2.00 bits per heavy atom. The highest BCUT2D eigenvalue weighted by atomic mass is 32.6. The molecule has 0 radical (unpaired) electrons. The second-order valence-corrected chi connectivity index (χ2v) is 5.17. The van der Waals surface area contributed by atoms with E-state index in [-0.39, 0.29) is 0 Å². The Labute approximate surface area is 33.0 Å². The van der Waals surface area contributed by atoms with Crippen molar-refractivity contribution in [3.05, 3.63) is 0 Å². The van der Waals surface area contributed by atoms with Crippen LogP contribution in [0.5, 0.6) is 0 Å². The van der Waals surface area contributed by atoms with E-state index < -0.39 is 6.61 Å². The summed E-state index contributed by atoms with van der Waals surface area (Å²) in [5.74, 6) is 0. The lowest BCUT2D eigenvalue weighted by atomic mass is 15.9. The molecule has 0 amide bonds. The minimum atomic E-state index is -1.38. The van der Waals surface area contributed by atoms with Crippen LogP contribution < -0.4 is 0 Å². The van der Waals surface area contributed by atoms with E-state index in [1.165, 1.54) is 0 Å². The minimum absolute atomic E-state index is 1.38. The van der Waals surface area contributed by atoms with Gasteiger partial charge in [0.2, 0.25) is 0 Å². The Kier molecular flexibility index (Phi) is 2.88. The molecule has 0 aliphatic carbocycles. The maximum Gasteiger partial charge on any atom is 0.0664 e. The molecular formula is H4OP2S. The molecule has 0 saturated heterocycles. The average Bonchev–Trinajstić information content (AvgIpc) is 0.811. The monoisotopic (exact) mass is 114 g/mol. The highest BCUT2D eigenvalue weighted by Crippen LogP contribution is 2.22. The molecule has 4 heteroatoms. The second kappa shape index (κ2) is 2.29. The van der Waals surface area contributed by atoms with Crippen LogP contribution in [0.4, 0.5) is 0 Å². The van der Waals surface area contributed by atoms with Crippen molar-refractivity contribution in [1.29, 1.82) is 0 Å². The van der Waals surface area contributed by atoms with Crippen molar-refractivity contribution in [3.63, 3.8) is 0 Å². The first-order valence-corrected chi connectivity index (χ1v) is 5.11. The van der Waals surface area contributed by atoms with Gasteiger partial charge in [0.25, 0.3) is 0 Å². The normalized spacial score (nSPS) is 15.5. The lowest BCUT2D eigenvalue weighted by molar-refractivity contribution is 0.658. The van der Waals surface area contributed by atoms with Crippen molar-refractivity contribution in [3.8, 4) is 0 Å². The van der Waals surface area contributed by atoms with Gasteiger partial charge in [-0.05, 0) is 0 Å². The Morgan fingerprint density at radius 3 is 2.00 bits per heavy atom. The van der Waals surface area contributed by atoms with Crippen LogP contribution in [0, 0.1) is 0 Å². The molecule has 1 N–H and O–H groups in total. The van der Waals surface area contributed by atoms with Crippen LogP contribution in [0.15, 0.2) is 0 Å². The minimum Gasteiger partial charge on any atom is -0.365 e. The van der Waals surface area contributed by atoms with E-state index in [0.717, 1.165) is 0 Å². The van der Waals surface area contributed by atoms with E-state index in [1.807, 2.05) is 0 Å². The van der Waals surface area contributed by atoms with Gasteiger partial charge < -0.3 is 4.89 Å².